The van der Waals surface area contributed by atoms with Crippen molar-refractivity contribution in [1.82, 2.24) is 0 Å². The number of nitrogens with two attached hydrogens (primary N) is 1. The summed E-state index contributed by atoms with van der Waals surface area (Å²) < 4.78 is 0. The van der Waals surface area contributed by atoms with Gasteiger partial charge in [-0.2, -0.15) is 0 Å². The molecule has 2 aliphatic rings. The fourth-order valence-electron chi connectivity index (χ4n) is 4.24. The summed E-state index contributed by atoms with van der Waals surface area (Å²) in [6, 6.07) is 8.65. The maximum atomic E-state index is 12.5. The number of ketones is 1. The summed E-state index contributed by atoms with van der Waals surface area (Å²) in [6.45, 7) is 0. The van der Waals surface area contributed by atoms with Gasteiger partial charge in [0.05, 0.1) is 0 Å². The van der Waals surface area contributed by atoms with Gasteiger partial charge < -0.3 is 5.73 Å². The minimum absolute atomic E-state index is 0.205. The molecule has 1 unspecified atom stereocenters. The molecule has 0 bridgehead atoms. The molecule has 0 aliphatic heterocycles. The minimum Gasteiger partial charge on any atom is -0.325 e. The molecule has 1 fully saturated rings. The van der Waals surface area contributed by atoms with E-state index in [0.29, 0.717) is 24.5 Å². The smallest absolute Gasteiger partial charge is 0.135 e. The van der Waals surface area contributed by atoms with Gasteiger partial charge in [0.25, 0.3) is 0 Å². The Morgan fingerprint density at radius 1 is 1.14 bits per heavy atom. The van der Waals surface area contributed by atoms with Crippen LogP contribution in [0, 0.1) is 0 Å². The lowest BCUT2D eigenvalue weighted by Gasteiger charge is -2.33. The highest BCUT2D eigenvalue weighted by Crippen LogP contribution is 2.36. The van der Waals surface area contributed by atoms with E-state index < -0.39 is 0 Å². The molecule has 2 aliphatic carbocycles. The quantitative estimate of drug-likeness (QED) is 0.904. The first-order valence-corrected chi connectivity index (χ1v) is 8.55. The molecular weight excluding hydrogens is 258 g/mol. The molecule has 2 heteroatoms. The Balaban J connectivity index is 1.63. The molecule has 0 spiro atoms. The van der Waals surface area contributed by atoms with Gasteiger partial charge in [-0.15, -0.1) is 0 Å². The van der Waals surface area contributed by atoms with Crippen molar-refractivity contribution in [2.24, 2.45) is 5.73 Å². The summed E-state index contributed by atoms with van der Waals surface area (Å²) in [5.41, 5.74) is 9.09. The van der Waals surface area contributed by atoms with Crippen LogP contribution >= 0.6 is 0 Å². The first-order valence-electron chi connectivity index (χ1n) is 8.55. The van der Waals surface area contributed by atoms with Crippen LogP contribution in [0.15, 0.2) is 24.3 Å². The van der Waals surface area contributed by atoms with E-state index in [1.165, 1.54) is 43.2 Å². The number of carbonyl (C=O) groups excluding carboxylic acids is 1. The van der Waals surface area contributed by atoms with Crippen LogP contribution in [0.5, 0.6) is 0 Å². The third kappa shape index (κ3) is 3.55. The molecule has 1 aromatic rings. The topological polar surface area (TPSA) is 43.1 Å². The normalized spacial score (nSPS) is 24.3. The van der Waals surface area contributed by atoms with Gasteiger partial charge in [0.1, 0.15) is 5.78 Å². The third-order valence-corrected chi connectivity index (χ3v) is 5.37. The SMILES string of the molecule is NC1(CC(=O)CC2CCCc3ccccc32)CCCCC1. The molecule has 0 heterocycles. The van der Waals surface area contributed by atoms with Crippen molar-refractivity contribution in [1.29, 1.82) is 0 Å². The number of benzene rings is 1. The largest absolute Gasteiger partial charge is 0.325 e. The first-order chi connectivity index (χ1) is 10.2. The lowest BCUT2D eigenvalue weighted by atomic mass is 9.76. The van der Waals surface area contributed by atoms with E-state index in [9.17, 15) is 4.79 Å². The van der Waals surface area contributed by atoms with Crippen LogP contribution in [-0.4, -0.2) is 11.3 Å². The number of carbonyl (C=O) groups is 1. The summed E-state index contributed by atoms with van der Waals surface area (Å²) in [5.74, 6) is 0.802. The molecule has 3 rings (SSSR count). The van der Waals surface area contributed by atoms with Crippen molar-refractivity contribution in [3.8, 4) is 0 Å². The molecule has 2 N–H and O–H groups in total. The molecule has 1 saturated carbocycles. The molecule has 0 amide bonds. The standard InChI is InChI=1S/C19H27NO/c20-19(11-4-1-5-12-19)14-17(21)13-16-9-6-8-15-7-2-3-10-18(15)16/h2-3,7,10,16H,1,4-6,8-9,11-14,20H2. The number of hydrogen-bond donors (Lipinski definition) is 1. The summed E-state index contributed by atoms with van der Waals surface area (Å²) in [5, 5.41) is 0. The summed E-state index contributed by atoms with van der Waals surface area (Å²) >= 11 is 0. The number of rotatable bonds is 4. The molecule has 2 nitrogen and oxygen atoms in total. The molecule has 21 heavy (non-hydrogen) atoms. The first kappa shape index (κ1) is 14.8. The highest BCUT2D eigenvalue weighted by molar-refractivity contribution is 5.80. The Morgan fingerprint density at radius 2 is 1.90 bits per heavy atom. The summed E-state index contributed by atoms with van der Waals surface area (Å²) in [6.07, 6.45) is 10.5. The van der Waals surface area contributed by atoms with Crippen molar-refractivity contribution >= 4 is 5.78 Å². The Labute approximate surface area is 128 Å². The Kier molecular flexibility index (Phi) is 4.44. The van der Waals surface area contributed by atoms with Gasteiger partial charge in [0, 0.05) is 18.4 Å². The van der Waals surface area contributed by atoms with Gasteiger partial charge in [0.2, 0.25) is 0 Å². The van der Waals surface area contributed by atoms with Gasteiger partial charge >= 0.3 is 0 Å². The zero-order valence-electron chi connectivity index (χ0n) is 12.9. The fourth-order valence-corrected chi connectivity index (χ4v) is 4.24. The Hall–Kier alpha value is -1.15. The Bertz CT molecular complexity index is 502. The highest BCUT2D eigenvalue weighted by Gasteiger charge is 2.31. The van der Waals surface area contributed by atoms with Crippen LogP contribution in [0.1, 0.15) is 74.8 Å². The van der Waals surface area contributed by atoms with Gasteiger partial charge in [-0.1, -0.05) is 43.5 Å². The van der Waals surface area contributed by atoms with E-state index >= 15 is 0 Å². The van der Waals surface area contributed by atoms with Gasteiger partial charge in [0.15, 0.2) is 0 Å². The van der Waals surface area contributed by atoms with Crippen molar-refractivity contribution in [3.05, 3.63) is 35.4 Å². The second-order valence-electron chi connectivity index (χ2n) is 7.13. The van der Waals surface area contributed by atoms with E-state index in [4.69, 9.17) is 5.73 Å². The molecular formula is C19H27NO. The number of fused-ring (bicyclic) bond motifs is 1. The van der Waals surface area contributed by atoms with Gasteiger partial charge in [-0.3, -0.25) is 4.79 Å². The molecule has 1 atom stereocenters. The monoisotopic (exact) mass is 285 g/mol. The number of aryl methyl sites for hydroxylation is 1. The van der Waals surface area contributed by atoms with Gasteiger partial charge in [-0.05, 0) is 49.1 Å². The van der Waals surface area contributed by atoms with Gasteiger partial charge in [-0.25, -0.2) is 0 Å². The average molecular weight is 285 g/mol. The van der Waals surface area contributed by atoms with Crippen LogP contribution < -0.4 is 5.73 Å². The molecule has 0 aromatic heterocycles. The molecule has 114 valence electrons. The van der Waals surface area contributed by atoms with Crippen molar-refractivity contribution in [2.45, 2.75) is 75.7 Å². The average Bonchev–Trinajstić information content (AvgIpc) is 2.48. The lowest BCUT2D eigenvalue weighted by Crippen LogP contribution is -2.43. The molecule has 1 aromatic carbocycles. The zero-order valence-corrected chi connectivity index (χ0v) is 12.9. The van der Waals surface area contributed by atoms with Crippen LogP contribution in [-0.2, 0) is 11.2 Å². The second-order valence-corrected chi connectivity index (χ2v) is 7.13. The predicted molar refractivity (Wildman–Crippen MR) is 86.4 cm³/mol. The maximum absolute atomic E-state index is 12.5. The van der Waals surface area contributed by atoms with Crippen molar-refractivity contribution in [2.75, 3.05) is 0 Å². The highest BCUT2D eigenvalue weighted by atomic mass is 16.1. The molecule has 0 radical (unpaired) electrons. The number of Topliss-reactive ketones (excluding diaryl/α,β-unsaturated/α-hetero) is 1. The summed E-state index contributed by atoms with van der Waals surface area (Å²) in [7, 11) is 0. The van der Waals surface area contributed by atoms with Crippen LogP contribution in [0.3, 0.4) is 0 Å². The minimum atomic E-state index is -0.205. The second kappa shape index (κ2) is 6.31. The third-order valence-electron chi connectivity index (χ3n) is 5.37. The summed E-state index contributed by atoms with van der Waals surface area (Å²) in [4.78, 5) is 12.5. The Morgan fingerprint density at radius 3 is 2.71 bits per heavy atom. The predicted octanol–water partition coefficient (Wildman–Crippen LogP) is 4.12. The van der Waals surface area contributed by atoms with E-state index in [-0.39, 0.29) is 5.54 Å². The molecule has 0 saturated heterocycles. The van der Waals surface area contributed by atoms with Crippen LogP contribution in [0.4, 0.5) is 0 Å². The van der Waals surface area contributed by atoms with Crippen molar-refractivity contribution < 1.29 is 4.79 Å². The fraction of sp³-hybridized carbons (Fsp3) is 0.632. The van der Waals surface area contributed by atoms with E-state index in [2.05, 4.69) is 24.3 Å². The maximum Gasteiger partial charge on any atom is 0.135 e. The van der Waals surface area contributed by atoms with E-state index in [0.717, 1.165) is 19.3 Å². The van der Waals surface area contributed by atoms with Crippen LogP contribution in [0.25, 0.3) is 0 Å². The lowest BCUT2D eigenvalue weighted by molar-refractivity contribution is -0.121. The van der Waals surface area contributed by atoms with Crippen molar-refractivity contribution in [3.63, 3.8) is 0 Å². The van der Waals surface area contributed by atoms with E-state index in [1.54, 1.807) is 0 Å². The zero-order chi connectivity index (χ0) is 14.7. The van der Waals surface area contributed by atoms with E-state index in [1.807, 2.05) is 0 Å². The number of hydrogen-bond acceptors (Lipinski definition) is 2. The van der Waals surface area contributed by atoms with Crippen LogP contribution in [0.2, 0.25) is 0 Å².